The molecule has 2 aromatic carbocycles. The van der Waals surface area contributed by atoms with Crippen molar-refractivity contribution in [3.05, 3.63) is 78.8 Å². The minimum absolute atomic E-state index is 0.223. The lowest BCUT2D eigenvalue weighted by Crippen LogP contribution is -2.16. The van der Waals surface area contributed by atoms with E-state index >= 15 is 0 Å². The maximum Gasteiger partial charge on any atom is 0.347 e. The Morgan fingerprint density at radius 3 is 2.33 bits per heavy atom. The molecule has 9 heteroatoms. The fraction of sp³-hybridized carbons (Fsp3) is 0.238. The van der Waals surface area contributed by atoms with Crippen molar-refractivity contribution in [1.29, 1.82) is 0 Å². The average molecular weight is 538 g/mol. The quantitative estimate of drug-likeness (QED) is 0.450. The third kappa shape index (κ3) is 6.77. The highest BCUT2D eigenvalue weighted by Gasteiger charge is 2.04. The zero-order valence-electron chi connectivity index (χ0n) is 16.6. The van der Waals surface area contributed by atoms with E-state index in [1.807, 2.05) is 36.4 Å². The average Bonchev–Trinajstić information content (AvgIpc) is 3.16. The molecule has 3 aromatic rings. The van der Waals surface area contributed by atoms with E-state index in [1.54, 1.807) is 0 Å². The smallest absolute Gasteiger partial charge is 0.347 e. The molecule has 1 aromatic heterocycles. The molecule has 3 rings (SSSR count). The lowest BCUT2D eigenvalue weighted by Gasteiger charge is -2.04. The Bertz CT molecular complexity index is 1090. The molecule has 30 heavy (non-hydrogen) atoms. The second kappa shape index (κ2) is 11.6. The van der Waals surface area contributed by atoms with Crippen LogP contribution >= 0.6 is 31.9 Å². The third-order valence-corrected chi connectivity index (χ3v) is 5.72. The van der Waals surface area contributed by atoms with Crippen LogP contribution in [0, 0.1) is 0 Å². The van der Waals surface area contributed by atoms with Gasteiger partial charge in [-0.1, -0.05) is 57.8 Å². The Kier molecular flexibility index (Phi) is 9.19. The second-order valence-corrected chi connectivity index (χ2v) is 7.93. The molecule has 0 aliphatic carbocycles. The standard InChI is InChI=1S/C11H12BrNO2.C10H10BrN3O/c1-2-9-5-8(3-4-10(9)12)6-13-7-11(14)15;1-2-7-5-8(3-4-9(7)11)14-10(15)12-6-13-14/h3-5,7H,2,6H2,1H3,(H,14,15);3-6H,2H2,1H3,(H,12,13,15). The first kappa shape index (κ1) is 23.8. The van der Waals surface area contributed by atoms with Crippen molar-refractivity contribution in [2.75, 3.05) is 0 Å². The topological polar surface area (TPSA) is 100 Å². The second-order valence-electron chi connectivity index (χ2n) is 6.22. The van der Waals surface area contributed by atoms with Crippen LogP contribution in [0.3, 0.4) is 0 Å². The van der Waals surface area contributed by atoms with Crippen LogP contribution < -0.4 is 5.69 Å². The Hall–Kier alpha value is -2.52. The van der Waals surface area contributed by atoms with Crippen LogP contribution in [0.2, 0.25) is 0 Å². The first-order chi connectivity index (χ1) is 14.3. The number of carboxylic acid groups (broad SMARTS) is 1. The van der Waals surface area contributed by atoms with Crippen LogP contribution in [-0.2, 0) is 24.2 Å². The third-order valence-electron chi connectivity index (χ3n) is 4.17. The first-order valence-corrected chi connectivity index (χ1v) is 10.9. The minimum atomic E-state index is -1.01. The van der Waals surface area contributed by atoms with E-state index in [4.69, 9.17) is 5.11 Å². The largest absolute Gasteiger partial charge is 0.477 e. The maximum absolute atomic E-state index is 11.3. The predicted octanol–water partition coefficient (Wildman–Crippen LogP) is 4.55. The number of nitrogens with zero attached hydrogens (tertiary/aromatic N) is 3. The molecule has 7 nitrogen and oxygen atoms in total. The van der Waals surface area contributed by atoms with Gasteiger partial charge in [0.15, 0.2) is 0 Å². The number of H-pyrrole nitrogens is 1. The number of carboxylic acids is 1. The van der Waals surface area contributed by atoms with Crippen molar-refractivity contribution in [3.63, 3.8) is 0 Å². The van der Waals surface area contributed by atoms with Crippen molar-refractivity contribution < 1.29 is 9.90 Å². The Morgan fingerprint density at radius 2 is 1.77 bits per heavy atom. The lowest BCUT2D eigenvalue weighted by molar-refractivity contribution is -0.128. The summed E-state index contributed by atoms with van der Waals surface area (Å²) in [6, 6.07) is 11.7. The molecule has 0 atom stereocenters. The van der Waals surface area contributed by atoms with Gasteiger partial charge in [-0.05, 0) is 53.8 Å². The number of aliphatic carboxylic acids is 1. The van der Waals surface area contributed by atoms with Crippen LogP contribution in [0.1, 0.15) is 30.5 Å². The van der Waals surface area contributed by atoms with Crippen LogP contribution in [0.15, 0.2) is 61.5 Å². The van der Waals surface area contributed by atoms with Crippen molar-refractivity contribution >= 4 is 44.0 Å². The van der Waals surface area contributed by atoms with Crippen LogP contribution in [0.5, 0.6) is 0 Å². The number of halogens is 2. The van der Waals surface area contributed by atoms with Gasteiger partial charge in [-0.2, -0.15) is 9.78 Å². The van der Waals surface area contributed by atoms with E-state index in [0.717, 1.165) is 44.8 Å². The summed E-state index contributed by atoms with van der Waals surface area (Å²) in [5.41, 5.74) is 3.94. The van der Waals surface area contributed by atoms with Crippen molar-refractivity contribution in [2.24, 2.45) is 4.99 Å². The Balaban J connectivity index is 0.000000214. The number of hydrogen-bond acceptors (Lipinski definition) is 4. The van der Waals surface area contributed by atoms with Gasteiger partial charge in [0.05, 0.1) is 12.2 Å². The number of aryl methyl sites for hydroxylation is 2. The highest BCUT2D eigenvalue weighted by atomic mass is 79.9. The van der Waals surface area contributed by atoms with E-state index in [9.17, 15) is 9.59 Å². The van der Waals surface area contributed by atoms with Gasteiger partial charge in [0.1, 0.15) is 12.5 Å². The van der Waals surface area contributed by atoms with E-state index < -0.39 is 5.97 Å². The molecule has 0 saturated heterocycles. The molecule has 0 aliphatic rings. The van der Waals surface area contributed by atoms with Gasteiger partial charge in [-0.15, -0.1) is 0 Å². The summed E-state index contributed by atoms with van der Waals surface area (Å²) in [5.74, 6) is -1.01. The fourth-order valence-electron chi connectivity index (χ4n) is 2.63. The number of nitrogens with one attached hydrogen (secondary N) is 1. The molecule has 0 fully saturated rings. The van der Waals surface area contributed by atoms with Gasteiger partial charge in [0, 0.05) is 8.95 Å². The Labute approximate surface area is 191 Å². The molecule has 0 spiro atoms. The number of carbonyl (C=O) groups is 1. The zero-order chi connectivity index (χ0) is 22.1. The van der Waals surface area contributed by atoms with E-state index in [1.165, 1.54) is 16.6 Å². The molecule has 0 unspecified atom stereocenters. The number of benzene rings is 2. The van der Waals surface area contributed by atoms with E-state index in [-0.39, 0.29) is 5.69 Å². The molecule has 0 amide bonds. The molecule has 1 heterocycles. The summed E-state index contributed by atoms with van der Waals surface area (Å²) in [6.07, 6.45) is 4.16. The molecule has 0 aliphatic heterocycles. The zero-order valence-corrected chi connectivity index (χ0v) is 19.8. The summed E-state index contributed by atoms with van der Waals surface area (Å²) >= 11 is 6.91. The lowest BCUT2D eigenvalue weighted by atomic mass is 10.1. The van der Waals surface area contributed by atoms with Gasteiger partial charge in [0.25, 0.3) is 0 Å². The van der Waals surface area contributed by atoms with Gasteiger partial charge in [-0.3, -0.25) is 9.98 Å². The van der Waals surface area contributed by atoms with Crippen LogP contribution in [0.25, 0.3) is 5.69 Å². The fourth-order valence-corrected chi connectivity index (χ4v) is 3.68. The highest BCUT2D eigenvalue weighted by Crippen LogP contribution is 2.20. The molecule has 2 N–H and O–H groups in total. The number of hydrogen-bond donors (Lipinski definition) is 2. The Morgan fingerprint density at radius 1 is 1.13 bits per heavy atom. The predicted molar refractivity (Wildman–Crippen MR) is 125 cm³/mol. The van der Waals surface area contributed by atoms with Crippen LogP contribution in [-0.4, -0.2) is 32.1 Å². The minimum Gasteiger partial charge on any atom is -0.477 e. The molecular weight excluding hydrogens is 516 g/mol. The van der Waals surface area contributed by atoms with Crippen molar-refractivity contribution in [1.82, 2.24) is 14.8 Å². The monoisotopic (exact) mass is 536 g/mol. The maximum atomic E-state index is 11.3. The summed E-state index contributed by atoms with van der Waals surface area (Å²) in [6.45, 7) is 4.55. The summed E-state index contributed by atoms with van der Waals surface area (Å²) in [5, 5.41) is 12.3. The normalized spacial score (nSPS) is 10.7. The SMILES string of the molecule is CCc1cc(-n2nc[nH]c2=O)ccc1Br.CCc1cc(CN=CC(=O)O)ccc1Br. The van der Waals surface area contributed by atoms with Gasteiger partial charge < -0.3 is 5.11 Å². The first-order valence-electron chi connectivity index (χ1n) is 9.27. The highest BCUT2D eigenvalue weighted by molar-refractivity contribution is 9.10. The number of aromatic nitrogens is 3. The molecule has 0 bridgehead atoms. The summed E-state index contributed by atoms with van der Waals surface area (Å²) in [4.78, 5) is 27.9. The van der Waals surface area contributed by atoms with Crippen molar-refractivity contribution in [3.8, 4) is 5.69 Å². The number of rotatable bonds is 6. The van der Waals surface area contributed by atoms with Crippen LogP contribution in [0.4, 0.5) is 0 Å². The van der Waals surface area contributed by atoms with E-state index in [2.05, 4.69) is 60.8 Å². The number of aromatic amines is 1. The van der Waals surface area contributed by atoms with Gasteiger partial charge in [-0.25, -0.2) is 9.59 Å². The van der Waals surface area contributed by atoms with Gasteiger partial charge >= 0.3 is 11.7 Å². The number of aliphatic imine (C=N–C) groups is 1. The van der Waals surface area contributed by atoms with Gasteiger partial charge in [0.2, 0.25) is 0 Å². The summed E-state index contributed by atoms with van der Waals surface area (Å²) < 4.78 is 3.47. The molecule has 0 saturated carbocycles. The van der Waals surface area contributed by atoms with Crippen molar-refractivity contribution in [2.45, 2.75) is 33.2 Å². The molecule has 0 radical (unpaired) electrons. The van der Waals surface area contributed by atoms with E-state index in [0.29, 0.717) is 6.54 Å². The molecule has 158 valence electrons. The molecular formula is C21H22Br2N4O3. The summed E-state index contributed by atoms with van der Waals surface area (Å²) in [7, 11) is 0.